The van der Waals surface area contributed by atoms with Crippen LogP contribution in [0.2, 0.25) is 5.02 Å². The molecule has 2 rings (SSSR count). The van der Waals surface area contributed by atoms with Gasteiger partial charge >= 0.3 is 5.97 Å². The predicted molar refractivity (Wildman–Crippen MR) is 99.4 cm³/mol. The first-order chi connectivity index (χ1) is 12.8. The monoisotopic (exact) mass is 394 g/mol. The van der Waals surface area contributed by atoms with E-state index < -0.39 is 16.9 Å². The van der Waals surface area contributed by atoms with Crippen LogP contribution < -0.4 is 14.8 Å². The summed E-state index contributed by atoms with van der Waals surface area (Å²) in [5.41, 5.74) is 1.43. The first kappa shape index (κ1) is 20.5. The van der Waals surface area contributed by atoms with Crippen molar-refractivity contribution >= 4 is 23.3 Å². The van der Waals surface area contributed by atoms with Gasteiger partial charge in [-0.25, -0.2) is 0 Å². The number of ether oxygens (including phenoxy) is 2. The number of methoxy groups -OCH3 is 1. The third kappa shape index (κ3) is 5.57. The lowest BCUT2D eigenvalue weighted by Gasteiger charge is -2.15. The highest BCUT2D eigenvalue weighted by atomic mass is 35.5. The fourth-order valence-corrected chi connectivity index (χ4v) is 2.43. The fraction of sp³-hybridized carbons (Fsp3) is 0.278. The van der Waals surface area contributed by atoms with Gasteiger partial charge in [0.1, 0.15) is 12.6 Å². The lowest BCUT2D eigenvalue weighted by molar-refractivity contribution is -0.384. The zero-order chi connectivity index (χ0) is 20.0. The Labute approximate surface area is 160 Å². The Morgan fingerprint density at radius 2 is 1.96 bits per heavy atom. The maximum absolute atomic E-state index is 10.9. The Kier molecular flexibility index (Phi) is 6.98. The summed E-state index contributed by atoms with van der Waals surface area (Å²) in [6, 6.07) is 8.58. The maximum Gasteiger partial charge on any atom is 0.320 e. The molecule has 0 aliphatic carbocycles. The summed E-state index contributed by atoms with van der Waals surface area (Å²) in [6.07, 6.45) is 0. The van der Waals surface area contributed by atoms with Gasteiger partial charge in [-0.15, -0.1) is 0 Å². The van der Waals surface area contributed by atoms with Crippen LogP contribution >= 0.6 is 11.6 Å². The van der Waals surface area contributed by atoms with Crippen molar-refractivity contribution in [3.63, 3.8) is 0 Å². The minimum absolute atomic E-state index is 0.00631. The van der Waals surface area contributed by atoms with E-state index in [1.54, 1.807) is 24.3 Å². The molecule has 0 aliphatic heterocycles. The molecule has 0 aromatic heterocycles. The van der Waals surface area contributed by atoms with Gasteiger partial charge < -0.3 is 19.9 Å². The third-order valence-corrected chi connectivity index (χ3v) is 4.20. The normalized spacial score (nSPS) is 11.7. The first-order valence-electron chi connectivity index (χ1n) is 8.00. The number of nitro groups is 1. The number of rotatable bonds is 9. The van der Waals surface area contributed by atoms with E-state index in [0.29, 0.717) is 22.1 Å². The van der Waals surface area contributed by atoms with Crippen LogP contribution in [0.4, 0.5) is 5.69 Å². The number of hydrogen-bond acceptors (Lipinski definition) is 6. The average Bonchev–Trinajstić information content (AvgIpc) is 2.65. The summed E-state index contributed by atoms with van der Waals surface area (Å²) >= 11 is 6.26. The van der Waals surface area contributed by atoms with Crippen LogP contribution in [0.5, 0.6) is 11.5 Å². The molecule has 2 N–H and O–H groups in total. The van der Waals surface area contributed by atoms with Crippen molar-refractivity contribution in [1.29, 1.82) is 0 Å². The molecule has 0 aliphatic rings. The highest BCUT2D eigenvalue weighted by Gasteiger charge is 2.14. The lowest BCUT2D eigenvalue weighted by Crippen LogP contribution is -2.33. The van der Waals surface area contributed by atoms with Gasteiger partial charge in [0.05, 0.1) is 12.0 Å². The average molecular weight is 395 g/mol. The van der Waals surface area contributed by atoms with E-state index in [9.17, 15) is 14.9 Å². The second kappa shape index (κ2) is 9.20. The summed E-state index contributed by atoms with van der Waals surface area (Å²) < 4.78 is 11.0. The number of carboxylic acid groups (broad SMARTS) is 1. The molecule has 2 aromatic rings. The van der Waals surface area contributed by atoms with Crippen LogP contribution in [0.3, 0.4) is 0 Å². The number of benzene rings is 2. The standard InChI is InChI=1S/C18H19ClN2O6/c1-11(18(22)23)20-9-13-7-16(26-2)17(8-15(13)19)27-10-12-3-5-14(6-4-12)21(24)25/h3-8,11,20H,9-10H2,1-2H3,(H,22,23). The Bertz CT molecular complexity index is 825. The molecule has 1 unspecified atom stereocenters. The SMILES string of the molecule is COc1cc(CNC(C)C(=O)O)c(Cl)cc1OCc1ccc([N+](=O)[O-])cc1. The van der Waals surface area contributed by atoms with Gasteiger partial charge in [0.25, 0.3) is 5.69 Å². The first-order valence-corrected chi connectivity index (χ1v) is 8.38. The smallest absolute Gasteiger partial charge is 0.320 e. The van der Waals surface area contributed by atoms with Crippen molar-refractivity contribution < 1.29 is 24.3 Å². The number of carbonyl (C=O) groups is 1. The van der Waals surface area contributed by atoms with Crippen molar-refractivity contribution in [2.45, 2.75) is 26.1 Å². The van der Waals surface area contributed by atoms with Gasteiger partial charge in [-0.3, -0.25) is 14.9 Å². The molecule has 0 fully saturated rings. The number of halogens is 1. The Morgan fingerprint density at radius 3 is 2.52 bits per heavy atom. The van der Waals surface area contributed by atoms with Crippen molar-refractivity contribution in [2.24, 2.45) is 0 Å². The van der Waals surface area contributed by atoms with E-state index in [1.807, 2.05) is 0 Å². The summed E-state index contributed by atoms with van der Waals surface area (Å²) in [5.74, 6) is -0.0990. The molecule has 8 nitrogen and oxygen atoms in total. The van der Waals surface area contributed by atoms with E-state index in [2.05, 4.69) is 5.32 Å². The molecule has 0 saturated heterocycles. The van der Waals surface area contributed by atoms with Crippen LogP contribution in [0.1, 0.15) is 18.1 Å². The van der Waals surface area contributed by atoms with Gasteiger partial charge in [-0.05, 0) is 36.2 Å². The van der Waals surface area contributed by atoms with Crippen LogP contribution in [-0.4, -0.2) is 29.2 Å². The second-order valence-corrected chi connectivity index (χ2v) is 6.15. The minimum atomic E-state index is -0.957. The molecular formula is C18H19ClN2O6. The van der Waals surface area contributed by atoms with Crippen LogP contribution in [0.15, 0.2) is 36.4 Å². The molecular weight excluding hydrogens is 376 g/mol. The maximum atomic E-state index is 10.9. The summed E-state index contributed by atoms with van der Waals surface area (Å²) in [5, 5.41) is 22.9. The topological polar surface area (TPSA) is 111 Å². The number of nitro benzene ring substituents is 1. The van der Waals surface area contributed by atoms with Crippen LogP contribution in [0, 0.1) is 10.1 Å². The van der Waals surface area contributed by atoms with Crippen molar-refractivity contribution in [3.05, 3.63) is 62.7 Å². The molecule has 144 valence electrons. The summed E-state index contributed by atoms with van der Waals surface area (Å²) in [6.45, 7) is 1.97. The quantitative estimate of drug-likeness (QED) is 0.495. The van der Waals surface area contributed by atoms with Crippen molar-refractivity contribution in [2.75, 3.05) is 7.11 Å². The minimum Gasteiger partial charge on any atom is -0.493 e. The zero-order valence-corrected chi connectivity index (χ0v) is 15.5. The molecule has 1 atom stereocenters. The van der Waals surface area contributed by atoms with Gasteiger partial charge in [0, 0.05) is 29.8 Å². The molecule has 0 radical (unpaired) electrons. The highest BCUT2D eigenvalue weighted by molar-refractivity contribution is 6.31. The summed E-state index contributed by atoms with van der Waals surface area (Å²) in [7, 11) is 1.49. The Hall–Kier alpha value is -2.84. The Morgan fingerprint density at radius 1 is 1.30 bits per heavy atom. The largest absolute Gasteiger partial charge is 0.493 e. The van der Waals surface area contributed by atoms with E-state index in [0.717, 1.165) is 5.56 Å². The summed E-state index contributed by atoms with van der Waals surface area (Å²) in [4.78, 5) is 21.1. The van der Waals surface area contributed by atoms with E-state index in [4.69, 9.17) is 26.2 Å². The number of non-ortho nitro benzene ring substituents is 1. The van der Waals surface area contributed by atoms with E-state index in [1.165, 1.54) is 26.2 Å². The van der Waals surface area contributed by atoms with Gasteiger partial charge in [-0.2, -0.15) is 0 Å². The molecule has 27 heavy (non-hydrogen) atoms. The molecule has 0 heterocycles. The van der Waals surface area contributed by atoms with Gasteiger partial charge in [0.15, 0.2) is 11.5 Å². The Balaban J connectivity index is 2.09. The molecule has 0 bridgehead atoms. The molecule has 9 heteroatoms. The predicted octanol–water partition coefficient (Wildman–Crippen LogP) is 3.40. The second-order valence-electron chi connectivity index (χ2n) is 5.75. The van der Waals surface area contributed by atoms with E-state index in [-0.39, 0.29) is 18.8 Å². The van der Waals surface area contributed by atoms with Crippen LogP contribution in [-0.2, 0) is 17.9 Å². The molecule has 0 spiro atoms. The number of nitrogens with zero attached hydrogens (tertiary/aromatic N) is 1. The fourth-order valence-electron chi connectivity index (χ4n) is 2.21. The molecule has 2 aromatic carbocycles. The van der Waals surface area contributed by atoms with Gasteiger partial charge in [-0.1, -0.05) is 11.6 Å². The lowest BCUT2D eigenvalue weighted by atomic mass is 10.1. The number of aliphatic carboxylic acids is 1. The van der Waals surface area contributed by atoms with Crippen molar-refractivity contribution in [3.8, 4) is 11.5 Å². The van der Waals surface area contributed by atoms with Crippen LogP contribution in [0.25, 0.3) is 0 Å². The van der Waals surface area contributed by atoms with Crippen molar-refractivity contribution in [1.82, 2.24) is 5.32 Å². The number of hydrogen-bond donors (Lipinski definition) is 2. The third-order valence-electron chi connectivity index (χ3n) is 3.84. The number of carboxylic acids is 1. The highest BCUT2D eigenvalue weighted by Crippen LogP contribution is 2.34. The molecule has 0 saturated carbocycles. The number of nitrogens with one attached hydrogen (secondary N) is 1. The zero-order valence-electron chi connectivity index (χ0n) is 14.8. The van der Waals surface area contributed by atoms with Gasteiger partial charge in [0.2, 0.25) is 0 Å². The van der Waals surface area contributed by atoms with E-state index >= 15 is 0 Å². The molecule has 0 amide bonds.